The Morgan fingerprint density at radius 3 is 2.64 bits per heavy atom. The molecule has 9 nitrogen and oxygen atoms in total. The molecule has 168 valence electrons. The van der Waals surface area contributed by atoms with Crippen LogP contribution in [0, 0.1) is 22.9 Å². The molecule has 0 saturated heterocycles. The number of thiophene rings is 1. The largest absolute Gasteiger partial charge is 0.448 e. The Hall–Kier alpha value is -4.12. The van der Waals surface area contributed by atoms with Crippen molar-refractivity contribution in [3.05, 3.63) is 81.1 Å². The normalized spacial score (nSPS) is 11.8. The Kier molecular flexibility index (Phi) is 5.88. The first-order valence-electron chi connectivity index (χ1n) is 9.74. The second-order valence-electron chi connectivity index (χ2n) is 7.15. The predicted octanol–water partition coefficient (Wildman–Crippen LogP) is 4.63. The van der Waals surface area contributed by atoms with Gasteiger partial charge in [0.2, 0.25) is 0 Å². The number of esters is 1. The van der Waals surface area contributed by atoms with Gasteiger partial charge in [-0.2, -0.15) is 5.10 Å². The Morgan fingerprint density at radius 1 is 1.21 bits per heavy atom. The van der Waals surface area contributed by atoms with Crippen molar-refractivity contribution in [1.82, 2.24) is 9.78 Å². The fourth-order valence-corrected chi connectivity index (χ4v) is 4.18. The Balaban J connectivity index is 1.50. The minimum Gasteiger partial charge on any atom is -0.448 e. The van der Waals surface area contributed by atoms with E-state index >= 15 is 0 Å². The van der Waals surface area contributed by atoms with Gasteiger partial charge in [0.15, 0.2) is 6.10 Å². The van der Waals surface area contributed by atoms with Crippen molar-refractivity contribution in [2.75, 3.05) is 5.32 Å². The van der Waals surface area contributed by atoms with E-state index in [1.54, 1.807) is 29.8 Å². The minimum absolute atomic E-state index is 0.173. The number of nitrogens with one attached hydrogen (secondary N) is 1. The molecule has 0 fully saturated rings. The van der Waals surface area contributed by atoms with Gasteiger partial charge in [-0.15, -0.1) is 11.3 Å². The molecule has 0 saturated carbocycles. The van der Waals surface area contributed by atoms with Crippen molar-refractivity contribution in [1.29, 1.82) is 0 Å². The number of aryl methyl sites for hydroxylation is 1. The second-order valence-corrected chi connectivity index (χ2v) is 8.18. The molecule has 0 aliphatic carbocycles. The maximum Gasteiger partial charge on any atom is 0.349 e. The van der Waals surface area contributed by atoms with Gasteiger partial charge in [0.05, 0.1) is 16.3 Å². The van der Waals surface area contributed by atoms with E-state index < -0.39 is 22.9 Å². The summed E-state index contributed by atoms with van der Waals surface area (Å²) in [6, 6.07) is 12.9. The molecule has 2 aromatic heterocycles. The molecule has 11 heteroatoms. The van der Waals surface area contributed by atoms with Crippen LogP contribution >= 0.6 is 11.3 Å². The highest BCUT2D eigenvalue weighted by Crippen LogP contribution is 2.31. The van der Waals surface area contributed by atoms with Crippen LogP contribution in [0.4, 0.5) is 15.8 Å². The fourth-order valence-electron chi connectivity index (χ4n) is 3.12. The molecule has 2 aromatic carbocycles. The standard InChI is InChI=1S/C22H17FN4O5S/c1-12-18-11-19(33-21(18)26(25-12)16-8-6-14(23)7-9-16)22(29)32-13(2)20(28)24-15-4-3-5-17(10-15)27(30)31/h3-11,13H,1-2H3,(H,24,28). The number of nitro groups is 1. The Morgan fingerprint density at radius 2 is 1.94 bits per heavy atom. The van der Waals surface area contributed by atoms with Gasteiger partial charge in [-0.3, -0.25) is 14.9 Å². The van der Waals surface area contributed by atoms with E-state index in [-0.39, 0.29) is 22.1 Å². The first kappa shape index (κ1) is 22.1. The van der Waals surface area contributed by atoms with Crippen molar-refractivity contribution < 1.29 is 23.6 Å². The summed E-state index contributed by atoms with van der Waals surface area (Å²) in [6.07, 6.45) is -1.14. The summed E-state index contributed by atoms with van der Waals surface area (Å²) in [6.45, 7) is 3.20. The molecule has 0 radical (unpaired) electrons. The van der Waals surface area contributed by atoms with Gasteiger partial charge in [0.1, 0.15) is 15.5 Å². The molecule has 0 aliphatic heterocycles. The van der Waals surface area contributed by atoms with Crippen molar-refractivity contribution in [3.8, 4) is 5.69 Å². The smallest absolute Gasteiger partial charge is 0.349 e. The molecule has 4 rings (SSSR count). The molecule has 1 amide bonds. The number of halogens is 1. The number of hydrogen-bond acceptors (Lipinski definition) is 7. The van der Waals surface area contributed by atoms with Crippen molar-refractivity contribution >= 4 is 44.8 Å². The summed E-state index contributed by atoms with van der Waals surface area (Å²) in [5.41, 5.74) is 1.37. The number of ether oxygens (including phenoxy) is 1. The number of anilines is 1. The first-order valence-corrected chi connectivity index (χ1v) is 10.6. The van der Waals surface area contributed by atoms with E-state index in [2.05, 4.69) is 10.4 Å². The molecule has 2 heterocycles. The molecule has 4 aromatic rings. The number of nitro benzene ring substituents is 1. The number of rotatable bonds is 6. The maximum absolute atomic E-state index is 13.3. The van der Waals surface area contributed by atoms with Gasteiger partial charge in [-0.1, -0.05) is 6.07 Å². The molecular weight excluding hydrogens is 451 g/mol. The minimum atomic E-state index is -1.14. The van der Waals surface area contributed by atoms with Crippen LogP contribution in [0.2, 0.25) is 0 Å². The van der Waals surface area contributed by atoms with E-state index in [1.807, 2.05) is 0 Å². The maximum atomic E-state index is 13.3. The summed E-state index contributed by atoms with van der Waals surface area (Å²) in [5.74, 6) is -1.69. The quantitative estimate of drug-likeness (QED) is 0.251. The molecule has 1 N–H and O–H groups in total. The van der Waals surface area contributed by atoms with Crippen molar-refractivity contribution in [3.63, 3.8) is 0 Å². The van der Waals surface area contributed by atoms with E-state index in [4.69, 9.17) is 4.74 Å². The lowest BCUT2D eigenvalue weighted by Crippen LogP contribution is -2.29. The number of nitrogens with zero attached hydrogens (tertiary/aromatic N) is 3. The lowest BCUT2D eigenvalue weighted by molar-refractivity contribution is -0.384. The van der Waals surface area contributed by atoms with Crippen LogP contribution < -0.4 is 5.32 Å². The Labute approximate surface area is 190 Å². The van der Waals surface area contributed by atoms with Gasteiger partial charge in [0.25, 0.3) is 11.6 Å². The molecule has 33 heavy (non-hydrogen) atoms. The molecule has 0 spiro atoms. The first-order chi connectivity index (χ1) is 15.7. The second kappa shape index (κ2) is 8.79. The zero-order chi connectivity index (χ0) is 23.7. The van der Waals surface area contributed by atoms with Crippen LogP contribution in [0.25, 0.3) is 15.9 Å². The van der Waals surface area contributed by atoms with Gasteiger partial charge in [-0.05, 0) is 50.2 Å². The fraction of sp³-hybridized carbons (Fsp3) is 0.136. The highest BCUT2D eigenvalue weighted by molar-refractivity contribution is 7.20. The number of carbonyl (C=O) groups is 2. The van der Waals surface area contributed by atoms with E-state index in [0.717, 1.165) is 16.7 Å². The van der Waals surface area contributed by atoms with E-state index in [0.29, 0.717) is 16.2 Å². The SMILES string of the molecule is Cc1nn(-c2ccc(F)cc2)c2sc(C(=O)OC(C)C(=O)Nc3cccc([N+](=O)[O-])c3)cc12. The Bertz CT molecular complexity index is 1380. The predicted molar refractivity (Wildman–Crippen MR) is 120 cm³/mol. The lowest BCUT2D eigenvalue weighted by atomic mass is 10.2. The summed E-state index contributed by atoms with van der Waals surface area (Å²) in [4.78, 5) is 36.3. The molecule has 0 aliphatic rings. The van der Waals surface area contributed by atoms with Crippen LogP contribution in [0.3, 0.4) is 0 Å². The van der Waals surface area contributed by atoms with Crippen molar-refractivity contribution in [2.45, 2.75) is 20.0 Å². The molecular formula is C22H17FN4O5S. The summed E-state index contributed by atoms with van der Waals surface area (Å²) < 4.78 is 20.2. The number of carbonyl (C=O) groups excluding carboxylic acids is 2. The molecule has 0 bridgehead atoms. The highest BCUT2D eigenvalue weighted by atomic mass is 32.1. The van der Waals surface area contributed by atoms with Gasteiger partial charge in [0, 0.05) is 23.2 Å². The van der Waals surface area contributed by atoms with Gasteiger partial charge < -0.3 is 10.1 Å². The third-order valence-electron chi connectivity index (χ3n) is 4.79. The van der Waals surface area contributed by atoms with Crippen LogP contribution in [-0.4, -0.2) is 32.7 Å². The topological polar surface area (TPSA) is 116 Å². The molecule has 1 atom stereocenters. The number of amides is 1. The number of benzene rings is 2. The van der Waals surface area contributed by atoms with Gasteiger partial charge >= 0.3 is 5.97 Å². The van der Waals surface area contributed by atoms with Crippen molar-refractivity contribution in [2.24, 2.45) is 0 Å². The zero-order valence-electron chi connectivity index (χ0n) is 17.4. The third-order valence-corrected chi connectivity index (χ3v) is 5.89. The van der Waals surface area contributed by atoms with Crippen LogP contribution in [-0.2, 0) is 9.53 Å². The summed E-state index contributed by atoms with van der Waals surface area (Å²) in [5, 5.41) is 18.6. The number of non-ortho nitro benzene ring substituents is 1. The average Bonchev–Trinajstić information content (AvgIpc) is 3.35. The van der Waals surface area contributed by atoms with Crippen LogP contribution in [0.15, 0.2) is 54.6 Å². The highest BCUT2D eigenvalue weighted by Gasteiger charge is 2.23. The van der Waals surface area contributed by atoms with E-state index in [9.17, 15) is 24.1 Å². The van der Waals surface area contributed by atoms with Crippen LogP contribution in [0.1, 0.15) is 22.3 Å². The monoisotopic (exact) mass is 468 g/mol. The number of fused-ring (bicyclic) bond motifs is 1. The number of hydrogen-bond donors (Lipinski definition) is 1. The van der Waals surface area contributed by atoms with Crippen LogP contribution in [0.5, 0.6) is 0 Å². The van der Waals surface area contributed by atoms with Gasteiger partial charge in [-0.25, -0.2) is 13.9 Å². The zero-order valence-corrected chi connectivity index (χ0v) is 18.3. The lowest BCUT2D eigenvalue weighted by Gasteiger charge is -2.13. The van der Waals surface area contributed by atoms with E-state index in [1.165, 1.54) is 43.3 Å². The molecule has 1 unspecified atom stereocenters. The average molecular weight is 468 g/mol. The summed E-state index contributed by atoms with van der Waals surface area (Å²) >= 11 is 1.14. The number of aromatic nitrogens is 2. The summed E-state index contributed by atoms with van der Waals surface area (Å²) in [7, 11) is 0. The third kappa shape index (κ3) is 4.58.